The molecule has 4 nitrogen and oxygen atoms in total. The number of amides is 1. The van der Waals surface area contributed by atoms with Crippen LogP contribution in [0.4, 0.5) is 0 Å². The van der Waals surface area contributed by atoms with E-state index in [-0.39, 0.29) is 0 Å². The lowest BCUT2D eigenvalue weighted by atomic mass is 9.77. The van der Waals surface area contributed by atoms with Crippen LogP contribution in [0.3, 0.4) is 0 Å². The Balaban J connectivity index is 1.45. The average molecular weight is 279 g/mol. The minimum atomic E-state index is 0.344. The Hall–Kier alpha value is -0.610. The number of carbonyl (C=O) groups excluding carboxylic acids is 1. The molecule has 1 spiro atoms. The molecule has 1 aliphatic carbocycles. The van der Waals surface area contributed by atoms with E-state index in [2.05, 4.69) is 15.1 Å². The zero-order valence-corrected chi connectivity index (χ0v) is 12.7. The molecule has 0 atom stereocenters. The summed E-state index contributed by atoms with van der Waals surface area (Å²) in [6.07, 6.45) is 9.47. The number of likely N-dealkylation sites (tertiary alicyclic amines) is 1. The van der Waals surface area contributed by atoms with Crippen molar-refractivity contribution in [2.75, 3.05) is 45.8 Å². The first-order chi connectivity index (χ1) is 9.77. The summed E-state index contributed by atoms with van der Waals surface area (Å²) in [7, 11) is 0. The zero-order valence-electron chi connectivity index (χ0n) is 12.7. The van der Waals surface area contributed by atoms with E-state index in [1.54, 1.807) is 0 Å². The lowest BCUT2D eigenvalue weighted by molar-refractivity contribution is -0.132. The molecule has 3 aliphatic rings. The summed E-state index contributed by atoms with van der Waals surface area (Å²) < 4.78 is 0. The second-order valence-corrected chi connectivity index (χ2v) is 6.97. The molecular weight excluding hydrogens is 250 g/mol. The van der Waals surface area contributed by atoms with Gasteiger partial charge in [-0.05, 0) is 57.2 Å². The number of hydrogen-bond donors (Lipinski definition) is 1. The molecule has 2 heterocycles. The topological polar surface area (TPSA) is 35.6 Å². The lowest BCUT2D eigenvalue weighted by Crippen LogP contribution is -2.46. The smallest absolute Gasteiger partial charge is 0.236 e. The SMILES string of the molecule is O=C(CN1CCC2(CCCC2)CC1)N1CCCNCC1. The molecule has 1 amide bonds. The predicted octanol–water partition coefficient (Wildman–Crippen LogP) is 1.46. The number of rotatable bonds is 2. The van der Waals surface area contributed by atoms with Gasteiger partial charge in [-0.2, -0.15) is 0 Å². The van der Waals surface area contributed by atoms with E-state index < -0.39 is 0 Å². The number of nitrogens with one attached hydrogen (secondary N) is 1. The Morgan fingerprint density at radius 1 is 0.900 bits per heavy atom. The third-order valence-corrected chi connectivity index (χ3v) is 5.63. The van der Waals surface area contributed by atoms with Crippen LogP contribution in [0.2, 0.25) is 0 Å². The Bertz CT molecular complexity index is 321. The van der Waals surface area contributed by atoms with Gasteiger partial charge in [0.05, 0.1) is 6.54 Å². The molecule has 0 radical (unpaired) electrons. The third-order valence-electron chi connectivity index (χ3n) is 5.63. The molecule has 0 aromatic rings. The average Bonchev–Trinajstić information content (AvgIpc) is 2.75. The first-order valence-corrected chi connectivity index (χ1v) is 8.48. The molecular formula is C16H29N3O. The molecule has 0 aromatic heterocycles. The molecule has 0 unspecified atom stereocenters. The summed E-state index contributed by atoms with van der Waals surface area (Å²) in [5, 5.41) is 3.36. The minimum Gasteiger partial charge on any atom is -0.340 e. The number of nitrogens with zero attached hydrogens (tertiary/aromatic N) is 2. The van der Waals surface area contributed by atoms with Crippen molar-refractivity contribution in [1.29, 1.82) is 0 Å². The Labute approximate surface area is 122 Å². The normalized spacial score (nSPS) is 27.7. The highest BCUT2D eigenvalue weighted by Gasteiger charge is 2.37. The van der Waals surface area contributed by atoms with Gasteiger partial charge in [-0.25, -0.2) is 0 Å². The maximum atomic E-state index is 12.4. The van der Waals surface area contributed by atoms with E-state index in [0.29, 0.717) is 17.9 Å². The van der Waals surface area contributed by atoms with Crippen LogP contribution in [0.25, 0.3) is 0 Å². The van der Waals surface area contributed by atoms with Crippen LogP contribution in [-0.2, 0) is 4.79 Å². The molecule has 20 heavy (non-hydrogen) atoms. The van der Waals surface area contributed by atoms with Gasteiger partial charge in [0.25, 0.3) is 0 Å². The van der Waals surface area contributed by atoms with Gasteiger partial charge in [-0.15, -0.1) is 0 Å². The molecule has 4 heteroatoms. The fourth-order valence-electron chi connectivity index (χ4n) is 4.20. The highest BCUT2D eigenvalue weighted by Crippen LogP contribution is 2.45. The minimum absolute atomic E-state index is 0.344. The third kappa shape index (κ3) is 3.34. The van der Waals surface area contributed by atoms with Crippen LogP contribution in [0.1, 0.15) is 44.9 Å². The Kier molecular flexibility index (Phi) is 4.61. The number of carbonyl (C=O) groups is 1. The summed E-state index contributed by atoms with van der Waals surface area (Å²) in [5.74, 6) is 0.344. The Morgan fingerprint density at radius 2 is 1.65 bits per heavy atom. The van der Waals surface area contributed by atoms with Gasteiger partial charge < -0.3 is 10.2 Å². The van der Waals surface area contributed by atoms with Crippen molar-refractivity contribution in [2.24, 2.45) is 5.41 Å². The first-order valence-electron chi connectivity index (χ1n) is 8.48. The molecule has 114 valence electrons. The summed E-state index contributed by atoms with van der Waals surface area (Å²) in [6, 6.07) is 0. The molecule has 2 aliphatic heterocycles. The molecule has 3 rings (SSSR count). The highest BCUT2D eigenvalue weighted by molar-refractivity contribution is 5.78. The van der Waals surface area contributed by atoms with Crippen molar-refractivity contribution in [2.45, 2.75) is 44.9 Å². The second kappa shape index (κ2) is 6.44. The molecule has 3 fully saturated rings. The molecule has 2 saturated heterocycles. The van der Waals surface area contributed by atoms with Gasteiger partial charge in [0, 0.05) is 19.6 Å². The van der Waals surface area contributed by atoms with E-state index >= 15 is 0 Å². The monoisotopic (exact) mass is 279 g/mol. The van der Waals surface area contributed by atoms with Crippen molar-refractivity contribution in [3.63, 3.8) is 0 Å². The first kappa shape index (κ1) is 14.3. The van der Waals surface area contributed by atoms with Crippen LogP contribution in [0, 0.1) is 5.41 Å². The van der Waals surface area contributed by atoms with Crippen molar-refractivity contribution >= 4 is 5.91 Å². The maximum Gasteiger partial charge on any atom is 0.236 e. The molecule has 0 bridgehead atoms. The fraction of sp³-hybridized carbons (Fsp3) is 0.938. The Morgan fingerprint density at radius 3 is 2.40 bits per heavy atom. The van der Waals surface area contributed by atoms with Gasteiger partial charge in [0.2, 0.25) is 5.91 Å². The summed E-state index contributed by atoms with van der Waals surface area (Å²) >= 11 is 0. The van der Waals surface area contributed by atoms with E-state index in [1.165, 1.54) is 38.5 Å². The maximum absolute atomic E-state index is 12.4. The second-order valence-electron chi connectivity index (χ2n) is 6.97. The van der Waals surface area contributed by atoms with Crippen molar-refractivity contribution in [1.82, 2.24) is 15.1 Å². The van der Waals surface area contributed by atoms with E-state index in [0.717, 1.165) is 45.7 Å². The summed E-state index contributed by atoms with van der Waals surface area (Å²) in [4.78, 5) is 16.8. The van der Waals surface area contributed by atoms with Crippen LogP contribution in [0.15, 0.2) is 0 Å². The standard InChI is InChI=1S/C16H29N3O/c20-15(19-10-3-8-17-9-13-19)14-18-11-6-16(7-12-18)4-1-2-5-16/h17H,1-14H2. The van der Waals surface area contributed by atoms with E-state index in [4.69, 9.17) is 0 Å². The number of hydrogen-bond acceptors (Lipinski definition) is 3. The van der Waals surface area contributed by atoms with Crippen LogP contribution in [0.5, 0.6) is 0 Å². The van der Waals surface area contributed by atoms with Crippen LogP contribution in [-0.4, -0.2) is 61.5 Å². The lowest BCUT2D eigenvalue weighted by Gasteiger charge is -2.39. The number of piperidine rings is 1. The van der Waals surface area contributed by atoms with E-state index in [9.17, 15) is 4.79 Å². The predicted molar refractivity (Wildman–Crippen MR) is 80.6 cm³/mol. The van der Waals surface area contributed by atoms with Gasteiger partial charge in [-0.1, -0.05) is 12.8 Å². The van der Waals surface area contributed by atoms with E-state index in [1.807, 2.05) is 0 Å². The van der Waals surface area contributed by atoms with Crippen LogP contribution >= 0.6 is 0 Å². The quantitative estimate of drug-likeness (QED) is 0.831. The van der Waals surface area contributed by atoms with Gasteiger partial charge in [0.15, 0.2) is 0 Å². The molecule has 1 saturated carbocycles. The van der Waals surface area contributed by atoms with Gasteiger partial charge in [-0.3, -0.25) is 9.69 Å². The molecule has 1 N–H and O–H groups in total. The van der Waals surface area contributed by atoms with Crippen LogP contribution < -0.4 is 5.32 Å². The summed E-state index contributed by atoms with van der Waals surface area (Å²) in [6.45, 7) is 6.75. The zero-order chi connectivity index (χ0) is 13.8. The van der Waals surface area contributed by atoms with Gasteiger partial charge >= 0.3 is 0 Å². The van der Waals surface area contributed by atoms with Crippen molar-refractivity contribution < 1.29 is 4.79 Å². The highest BCUT2D eigenvalue weighted by atomic mass is 16.2. The summed E-state index contributed by atoms with van der Waals surface area (Å²) in [5.41, 5.74) is 0.659. The van der Waals surface area contributed by atoms with Crippen molar-refractivity contribution in [3.05, 3.63) is 0 Å². The largest absolute Gasteiger partial charge is 0.340 e. The van der Waals surface area contributed by atoms with Crippen molar-refractivity contribution in [3.8, 4) is 0 Å². The molecule has 0 aromatic carbocycles. The van der Waals surface area contributed by atoms with Gasteiger partial charge in [0.1, 0.15) is 0 Å². The fourth-order valence-corrected chi connectivity index (χ4v) is 4.20.